The molecule has 5 unspecified atom stereocenters. The monoisotopic (exact) mass is 353 g/mol. The minimum atomic E-state index is -0.164. The van der Waals surface area contributed by atoms with E-state index in [-0.39, 0.29) is 48.9 Å². The highest BCUT2D eigenvalue weighted by Crippen LogP contribution is 2.35. The minimum Gasteiger partial charge on any atom is -0.366 e. The van der Waals surface area contributed by atoms with Crippen LogP contribution in [0.4, 0.5) is 4.79 Å². The summed E-state index contributed by atoms with van der Waals surface area (Å²) in [4.78, 5) is 28.9. The molecule has 25 heavy (non-hydrogen) atoms. The zero-order valence-corrected chi connectivity index (χ0v) is 14.8. The van der Waals surface area contributed by atoms with Gasteiger partial charge in [-0.3, -0.25) is 9.80 Å². The van der Waals surface area contributed by atoms with Crippen LogP contribution in [0.15, 0.2) is 0 Å². The summed E-state index contributed by atoms with van der Waals surface area (Å²) in [6.45, 7) is 6.31. The number of likely N-dealkylation sites (N-methyl/N-ethyl adjacent to an activating group) is 1. The molecule has 3 aliphatic heterocycles. The van der Waals surface area contributed by atoms with Crippen LogP contribution < -0.4 is 5.73 Å². The number of amides is 3. The number of hydrogen-bond acceptors (Lipinski definition) is 6. The van der Waals surface area contributed by atoms with Crippen LogP contribution in [0.2, 0.25) is 0 Å². The number of nitrogens with two attached hydrogens (primary N) is 1. The topological polar surface area (TPSA) is 91.6 Å². The van der Waals surface area contributed by atoms with E-state index in [0.717, 1.165) is 0 Å². The van der Waals surface area contributed by atoms with Crippen molar-refractivity contribution in [2.24, 2.45) is 5.73 Å². The molecule has 0 aromatic carbocycles. The molecule has 1 saturated carbocycles. The Labute approximate surface area is 147 Å². The molecule has 3 amide bonds. The number of urea groups is 1. The number of hydrogen-bond donors (Lipinski definition) is 1. The fraction of sp³-hybridized carbons (Fsp3) is 0.875. The van der Waals surface area contributed by atoms with Crippen molar-refractivity contribution in [1.82, 2.24) is 19.8 Å². The van der Waals surface area contributed by atoms with E-state index in [1.807, 2.05) is 28.7 Å². The van der Waals surface area contributed by atoms with Crippen molar-refractivity contribution < 1.29 is 19.1 Å². The van der Waals surface area contributed by atoms with Crippen molar-refractivity contribution in [3.05, 3.63) is 0 Å². The lowest BCUT2D eigenvalue weighted by molar-refractivity contribution is -0.164. The van der Waals surface area contributed by atoms with Crippen molar-refractivity contribution in [1.29, 1.82) is 0 Å². The Balaban J connectivity index is 1.57. The quantitative estimate of drug-likeness (QED) is 0.711. The van der Waals surface area contributed by atoms with Gasteiger partial charge in [0.05, 0.1) is 31.3 Å². The first kappa shape index (κ1) is 17.0. The van der Waals surface area contributed by atoms with E-state index in [1.54, 1.807) is 5.01 Å². The maximum atomic E-state index is 13.0. The summed E-state index contributed by atoms with van der Waals surface area (Å²) in [6.07, 6.45) is 1.18. The standard InChI is InChI=1S/C16H27N5O4/c1-3-18-13-7-12(11(17)6-14(13)25-8-15(18)22)21-10(2)20-9-24-5-4-19(20)16(21)23/h10-14H,3-9,17H2,1-2H3. The highest BCUT2D eigenvalue weighted by atomic mass is 16.5. The maximum Gasteiger partial charge on any atom is 0.336 e. The number of rotatable bonds is 2. The molecule has 140 valence electrons. The molecule has 9 nitrogen and oxygen atoms in total. The van der Waals surface area contributed by atoms with Crippen LogP contribution >= 0.6 is 0 Å². The Bertz CT molecular complexity index is 561. The van der Waals surface area contributed by atoms with Crippen LogP contribution in [0.5, 0.6) is 0 Å². The molecule has 2 N–H and O–H groups in total. The summed E-state index contributed by atoms with van der Waals surface area (Å²) in [5.41, 5.74) is 6.46. The molecule has 3 heterocycles. The molecule has 0 aromatic rings. The van der Waals surface area contributed by atoms with Crippen molar-refractivity contribution in [2.75, 3.05) is 33.0 Å². The van der Waals surface area contributed by atoms with Gasteiger partial charge in [-0.15, -0.1) is 0 Å². The van der Waals surface area contributed by atoms with E-state index in [1.165, 1.54) is 0 Å². The molecule has 0 bridgehead atoms. The Morgan fingerprint density at radius 3 is 2.76 bits per heavy atom. The second kappa shape index (κ2) is 6.39. The van der Waals surface area contributed by atoms with E-state index in [9.17, 15) is 9.59 Å². The van der Waals surface area contributed by atoms with Crippen LogP contribution in [0.3, 0.4) is 0 Å². The van der Waals surface area contributed by atoms with Gasteiger partial charge in [0.25, 0.3) is 0 Å². The largest absolute Gasteiger partial charge is 0.366 e. The second-order valence-electron chi connectivity index (χ2n) is 7.22. The van der Waals surface area contributed by atoms with Gasteiger partial charge in [0, 0.05) is 12.6 Å². The minimum absolute atomic E-state index is 0.0131. The molecule has 0 radical (unpaired) electrons. The van der Waals surface area contributed by atoms with Crippen molar-refractivity contribution in [2.45, 2.75) is 57.1 Å². The van der Waals surface area contributed by atoms with Gasteiger partial charge in [-0.1, -0.05) is 0 Å². The molecule has 0 spiro atoms. The summed E-state index contributed by atoms with van der Waals surface area (Å²) in [7, 11) is 0. The Morgan fingerprint density at radius 2 is 2.04 bits per heavy atom. The number of nitrogens with zero attached hydrogens (tertiary/aromatic N) is 4. The van der Waals surface area contributed by atoms with Crippen LogP contribution in [0.25, 0.3) is 0 Å². The second-order valence-corrected chi connectivity index (χ2v) is 7.22. The third-order valence-electron chi connectivity index (χ3n) is 6.01. The van der Waals surface area contributed by atoms with Crippen molar-refractivity contribution in [3.8, 4) is 0 Å². The number of morpholine rings is 1. The molecular weight excluding hydrogens is 326 g/mol. The lowest BCUT2D eigenvalue weighted by Gasteiger charge is -2.49. The third kappa shape index (κ3) is 2.61. The maximum absolute atomic E-state index is 13.0. The summed E-state index contributed by atoms with van der Waals surface area (Å²) in [6, 6.07) is -0.304. The Morgan fingerprint density at radius 1 is 1.24 bits per heavy atom. The molecule has 4 fully saturated rings. The van der Waals surface area contributed by atoms with Crippen LogP contribution in [-0.4, -0.2) is 95.2 Å². The van der Waals surface area contributed by atoms with Gasteiger partial charge in [0.1, 0.15) is 19.5 Å². The van der Waals surface area contributed by atoms with Gasteiger partial charge in [-0.25, -0.2) is 4.79 Å². The Kier molecular flexibility index (Phi) is 4.35. The van der Waals surface area contributed by atoms with Gasteiger partial charge in [-0.05, 0) is 26.7 Å². The molecular formula is C16H27N5O4. The Hall–Kier alpha value is -1.42. The van der Waals surface area contributed by atoms with E-state index in [0.29, 0.717) is 39.3 Å². The van der Waals surface area contributed by atoms with E-state index in [2.05, 4.69) is 0 Å². The fourth-order valence-corrected chi connectivity index (χ4v) is 4.72. The van der Waals surface area contributed by atoms with Gasteiger partial charge in [-0.2, -0.15) is 5.01 Å². The van der Waals surface area contributed by atoms with E-state index >= 15 is 0 Å². The van der Waals surface area contributed by atoms with Crippen LogP contribution in [-0.2, 0) is 14.3 Å². The molecule has 1 aliphatic carbocycles. The highest BCUT2D eigenvalue weighted by Gasteiger charge is 2.52. The zero-order chi connectivity index (χ0) is 17.7. The first-order valence-corrected chi connectivity index (χ1v) is 9.13. The number of fused-ring (bicyclic) bond motifs is 2. The lowest BCUT2D eigenvalue weighted by atomic mass is 9.82. The van der Waals surface area contributed by atoms with Crippen LogP contribution in [0.1, 0.15) is 26.7 Å². The summed E-state index contributed by atoms with van der Waals surface area (Å²) in [5, 5.41) is 3.71. The predicted octanol–water partition coefficient (Wildman–Crippen LogP) is -0.620. The van der Waals surface area contributed by atoms with Gasteiger partial charge in [0.15, 0.2) is 0 Å². The summed E-state index contributed by atoms with van der Waals surface area (Å²) in [5.74, 6) is 0.0216. The average molecular weight is 353 g/mol. The number of carbonyl (C=O) groups excluding carboxylic acids is 2. The lowest BCUT2D eigenvalue weighted by Crippen LogP contribution is -2.65. The van der Waals surface area contributed by atoms with Crippen molar-refractivity contribution >= 4 is 11.9 Å². The van der Waals surface area contributed by atoms with Gasteiger partial charge >= 0.3 is 6.03 Å². The molecule has 4 aliphatic rings. The smallest absolute Gasteiger partial charge is 0.336 e. The van der Waals surface area contributed by atoms with E-state index < -0.39 is 0 Å². The number of carbonyl (C=O) groups is 2. The molecule has 3 saturated heterocycles. The van der Waals surface area contributed by atoms with Gasteiger partial charge < -0.3 is 25.0 Å². The van der Waals surface area contributed by atoms with Crippen LogP contribution in [0, 0.1) is 0 Å². The summed E-state index contributed by atoms with van der Waals surface area (Å²) >= 11 is 0. The SMILES string of the molecule is CCN1C(=O)COC2CC(N)C(N3C(=O)N4CCOCN4C3C)CC21. The fourth-order valence-electron chi connectivity index (χ4n) is 4.72. The zero-order valence-electron chi connectivity index (χ0n) is 14.8. The molecule has 4 rings (SSSR count). The number of hydrazine groups is 1. The third-order valence-corrected chi connectivity index (χ3v) is 6.01. The molecule has 5 atom stereocenters. The molecule has 9 heteroatoms. The summed E-state index contributed by atoms with van der Waals surface area (Å²) < 4.78 is 11.2. The first-order chi connectivity index (χ1) is 12.0. The highest BCUT2D eigenvalue weighted by molar-refractivity contribution is 5.79. The van der Waals surface area contributed by atoms with Crippen molar-refractivity contribution in [3.63, 3.8) is 0 Å². The predicted molar refractivity (Wildman–Crippen MR) is 88.0 cm³/mol. The normalized spacial score (nSPS) is 39.6. The first-order valence-electron chi connectivity index (χ1n) is 9.13. The number of ether oxygens (including phenoxy) is 2. The average Bonchev–Trinajstić information content (AvgIpc) is 2.86. The van der Waals surface area contributed by atoms with Gasteiger partial charge in [0.2, 0.25) is 5.91 Å². The van der Waals surface area contributed by atoms with E-state index in [4.69, 9.17) is 15.2 Å². The molecule has 0 aromatic heterocycles.